The quantitative estimate of drug-likeness (QED) is 0.830. The third-order valence-electron chi connectivity index (χ3n) is 3.49. The van der Waals surface area contributed by atoms with Crippen molar-refractivity contribution in [1.82, 2.24) is 20.2 Å². The fourth-order valence-electron chi connectivity index (χ4n) is 2.27. The minimum absolute atomic E-state index is 0.0112. The number of aromatic nitrogens is 2. The molecule has 8 heteroatoms. The molecule has 2 aromatic rings. The number of pyridine rings is 1. The molecule has 0 radical (unpaired) electrons. The topological polar surface area (TPSA) is 92.3 Å². The molecule has 7 nitrogen and oxygen atoms in total. The van der Waals surface area contributed by atoms with Crippen LogP contribution in [-0.2, 0) is 20.8 Å². The van der Waals surface area contributed by atoms with Gasteiger partial charge >= 0.3 is 0 Å². The van der Waals surface area contributed by atoms with Crippen molar-refractivity contribution in [2.75, 3.05) is 7.05 Å². The molecule has 2 aromatic heterocycles. The molecule has 23 heavy (non-hydrogen) atoms. The highest BCUT2D eigenvalue weighted by Crippen LogP contribution is 2.21. The molecule has 1 saturated heterocycles. The molecule has 0 bridgehead atoms. The summed E-state index contributed by atoms with van der Waals surface area (Å²) in [5.41, 5.74) is 1.36. The van der Waals surface area contributed by atoms with Gasteiger partial charge in [0.25, 0.3) is 5.91 Å². The predicted octanol–water partition coefficient (Wildman–Crippen LogP) is 0.621. The van der Waals surface area contributed by atoms with Crippen molar-refractivity contribution in [3.05, 3.63) is 35.5 Å². The van der Waals surface area contributed by atoms with Crippen LogP contribution in [0.3, 0.4) is 0 Å². The fraction of sp³-hybridized carbons (Fsp3) is 0.267. The summed E-state index contributed by atoms with van der Waals surface area (Å²) in [7, 11) is 1.41. The van der Waals surface area contributed by atoms with Crippen LogP contribution in [0.2, 0.25) is 0 Å². The summed E-state index contributed by atoms with van der Waals surface area (Å²) in [6, 6.07) is 4.77. The molecule has 1 aliphatic heterocycles. The number of likely N-dealkylation sites (tertiary alicyclic amines) is 1. The van der Waals surface area contributed by atoms with Crippen LogP contribution in [0.1, 0.15) is 12.1 Å². The van der Waals surface area contributed by atoms with Crippen LogP contribution in [0.25, 0.3) is 10.7 Å². The Bertz CT molecular complexity index is 759. The van der Waals surface area contributed by atoms with Crippen LogP contribution in [0.15, 0.2) is 29.8 Å². The van der Waals surface area contributed by atoms with Gasteiger partial charge in [0.1, 0.15) is 11.0 Å². The Morgan fingerprint density at radius 3 is 2.91 bits per heavy atom. The van der Waals surface area contributed by atoms with E-state index in [-0.39, 0.29) is 30.6 Å². The lowest BCUT2D eigenvalue weighted by Gasteiger charge is -2.10. The van der Waals surface area contributed by atoms with Crippen LogP contribution in [0, 0.1) is 0 Å². The number of hydrogen-bond acceptors (Lipinski definition) is 6. The molecule has 3 amide bonds. The Morgan fingerprint density at radius 2 is 2.26 bits per heavy atom. The Balaban J connectivity index is 1.62. The Kier molecular flexibility index (Phi) is 4.16. The Morgan fingerprint density at radius 1 is 1.43 bits per heavy atom. The van der Waals surface area contributed by atoms with Gasteiger partial charge in [0.05, 0.1) is 24.2 Å². The number of carbonyl (C=O) groups excluding carboxylic acids is 3. The zero-order valence-electron chi connectivity index (χ0n) is 12.4. The van der Waals surface area contributed by atoms with Gasteiger partial charge in [0.15, 0.2) is 0 Å². The number of likely N-dealkylation sites (N-methyl/N-ethyl adjacent to an activating group) is 1. The SMILES string of the molecule is CN1C(=O)CC(NC(=O)Cc2csc(-c3ccccn3)n2)C1=O. The zero-order valence-corrected chi connectivity index (χ0v) is 13.2. The van der Waals surface area contributed by atoms with Gasteiger partial charge in [-0.15, -0.1) is 11.3 Å². The normalized spacial score (nSPS) is 17.6. The molecule has 0 saturated carbocycles. The number of nitrogens with one attached hydrogen (secondary N) is 1. The van der Waals surface area contributed by atoms with E-state index in [2.05, 4.69) is 15.3 Å². The number of hydrogen-bond donors (Lipinski definition) is 1. The predicted molar refractivity (Wildman–Crippen MR) is 83.4 cm³/mol. The second-order valence-electron chi connectivity index (χ2n) is 5.15. The maximum Gasteiger partial charge on any atom is 0.252 e. The molecule has 118 valence electrons. The van der Waals surface area contributed by atoms with Gasteiger partial charge in [-0.3, -0.25) is 24.3 Å². The highest BCUT2D eigenvalue weighted by Gasteiger charge is 2.36. The molecule has 1 N–H and O–H groups in total. The van der Waals surface area contributed by atoms with Crippen LogP contribution in [0.5, 0.6) is 0 Å². The highest BCUT2D eigenvalue weighted by molar-refractivity contribution is 7.13. The summed E-state index contributed by atoms with van der Waals surface area (Å²) >= 11 is 1.41. The van der Waals surface area contributed by atoms with E-state index in [1.165, 1.54) is 18.4 Å². The molecule has 0 aliphatic carbocycles. The minimum Gasteiger partial charge on any atom is -0.343 e. The first-order valence-electron chi connectivity index (χ1n) is 7.00. The van der Waals surface area contributed by atoms with E-state index in [9.17, 15) is 14.4 Å². The lowest BCUT2D eigenvalue weighted by atomic mass is 10.2. The van der Waals surface area contributed by atoms with Gasteiger partial charge in [-0.25, -0.2) is 4.98 Å². The number of rotatable bonds is 4. The van der Waals surface area contributed by atoms with Crippen molar-refractivity contribution in [2.45, 2.75) is 18.9 Å². The second-order valence-corrected chi connectivity index (χ2v) is 6.01. The highest BCUT2D eigenvalue weighted by atomic mass is 32.1. The zero-order chi connectivity index (χ0) is 16.4. The van der Waals surface area contributed by atoms with Gasteiger partial charge in [-0.1, -0.05) is 6.07 Å². The van der Waals surface area contributed by atoms with Crippen LogP contribution >= 0.6 is 11.3 Å². The molecule has 3 rings (SSSR count). The van der Waals surface area contributed by atoms with Crippen molar-refractivity contribution >= 4 is 29.1 Å². The summed E-state index contributed by atoms with van der Waals surface area (Å²) < 4.78 is 0. The van der Waals surface area contributed by atoms with Crippen molar-refractivity contribution in [2.24, 2.45) is 0 Å². The molecule has 3 heterocycles. The average Bonchev–Trinajstić information content (AvgIpc) is 3.10. The standard InChI is InChI=1S/C15H14N4O3S/c1-19-13(21)7-11(15(19)22)18-12(20)6-9-8-23-14(17-9)10-4-2-3-5-16-10/h2-5,8,11H,6-7H2,1H3,(H,18,20). The maximum atomic E-state index is 12.0. The monoisotopic (exact) mass is 330 g/mol. The van der Waals surface area contributed by atoms with Crippen LogP contribution in [-0.4, -0.2) is 45.7 Å². The Hall–Kier alpha value is -2.61. The van der Waals surface area contributed by atoms with E-state index in [0.29, 0.717) is 5.69 Å². The lowest BCUT2D eigenvalue weighted by Crippen LogP contribution is -2.41. The molecule has 1 atom stereocenters. The smallest absolute Gasteiger partial charge is 0.252 e. The molecule has 1 unspecified atom stereocenters. The van der Waals surface area contributed by atoms with Crippen molar-refractivity contribution in [3.8, 4) is 10.7 Å². The van der Waals surface area contributed by atoms with E-state index in [1.54, 1.807) is 11.6 Å². The maximum absolute atomic E-state index is 12.0. The summed E-state index contributed by atoms with van der Waals surface area (Å²) in [6.07, 6.45) is 1.75. The number of imide groups is 1. The molecular formula is C15H14N4O3S. The van der Waals surface area contributed by atoms with E-state index in [0.717, 1.165) is 15.6 Å². The summed E-state index contributed by atoms with van der Waals surface area (Å²) in [4.78, 5) is 44.8. The van der Waals surface area contributed by atoms with E-state index in [4.69, 9.17) is 0 Å². The first kappa shape index (κ1) is 15.3. The van der Waals surface area contributed by atoms with Gasteiger partial charge in [0, 0.05) is 18.6 Å². The van der Waals surface area contributed by atoms with Crippen LogP contribution < -0.4 is 5.32 Å². The van der Waals surface area contributed by atoms with Crippen LogP contribution in [0.4, 0.5) is 0 Å². The fourth-order valence-corrected chi connectivity index (χ4v) is 3.07. The molecular weight excluding hydrogens is 316 g/mol. The van der Waals surface area contributed by atoms with Crippen molar-refractivity contribution in [3.63, 3.8) is 0 Å². The molecule has 0 aromatic carbocycles. The van der Waals surface area contributed by atoms with Crippen molar-refractivity contribution in [1.29, 1.82) is 0 Å². The first-order valence-corrected chi connectivity index (χ1v) is 7.88. The van der Waals surface area contributed by atoms with E-state index >= 15 is 0 Å². The van der Waals surface area contributed by atoms with E-state index in [1.807, 2.05) is 18.2 Å². The third-order valence-corrected chi connectivity index (χ3v) is 4.41. The number of carbonyl (C=O) groups is 3. The average molecular weight is 330 g/mol. The first-order chi connectivity index (χ1) is 11.0. The summed E-state index contributed by atoms with van der Waals surface area (Å²) in [5, 5.41) is 5.11. The summed E-state index contributed by atoms with van der Waals surface area (Å²) in [5.74, 6) is -0.994. The molecule has 0 spiro atoms. The lowest BCUT2D eigenvalue weighted by molar-refractivity contribution is -0.138. The Labute approximate surface area is 136 Å². The van der Waals surface area contributed by atoms with Crippen molar-refractivity contribution < 1.29 is 14.4 Å². The minimum atomic E-state index is -0.770. The van der Waals surface area contributed by atoms with Gasteiger partial charge in [0.2, 0.25) is 11.8 Å². The molecule has 1 aliphatic rings. The van der Waals surface area contributed by atoms with Gasteiger partial charge in [-0.05, 0) is 12.1 Å². The van der Waals surface area contributed by atoms with Gasteiger partial charge in [-0.2, -0.15) is 0 Å². The molecule has 1 fully saturated rings. The van der Waals surface area contributed by atoms with Gasteiger partial charge < -0.3 is 5.32 Å². The number of thiazole rings is 1. The largest absolute Gasteiger partial charge is 0.343 e. The third kappa shape index (κ3) is 3.26. The number of nitrogens with zero attached hydrogens (tertiary/aromatic N) is 3. The number of amides is 3. The summed E-state index contributed by atoms with van der Waals surface area (Å²) in [6.45, 7) is 0. The van der Waals surface area contributed by atoms with E-state index < -0.39 is 6.04 Å². The second kappa shape index (κ2) is 6.25.